The van der Waals surface area contributed by atoms with Crippen LogP contribution in [0.4, 0.5) is 0 Å². The van der Waals surface area contributed by atoms with E-state index in [0.29, 0.717) is 24.7 Å². The first-order chi connectivity index (χ1) is 13.0. The quantitative estimate of drug-likeness (QED) is 0.845. The van der Waals surface area contributed by atoms with Crippen molar-refractivity contribution in [1.29, 1.82) is 0 Å². The summed E-state index contributed by atoms with van der Waals surface area (Å²) in [5, 5.41) is 12.0. The lowest BCUT2D eigenvalue weighted by atomic mass is 9.76. The normalized spacial score (nSPS) is 25.6. The van der Waals surface area contributed by atoms with Crippen molar-refractivity contribution in [2.45, 2.75) is 52.0 Å². The van der Waals surface area contributed by atoms with Gasteiger partial charge in [-0.3, -0.25) is 4.79 Å². The van der Waals surface area contributed by atoms with Crippen LogP contribution < -0.4 is 5.32 Å². The molecule has 0 spiro atoms. The predicted octanol–water partition coefficient (Wildman–Crippen LogP) is 3.26. The number of carbonyl (C=O) groups is 2. The average Bonchev–Trinajstić information content (AvgIpc) is 2.66. The molecule has 1 aromatic rings. The molecular weight excluding hydrogens is 290 g/mol. The van der Waals surface area contributed by atoms with Crippen molar-refractivity contribution < 1.29 is 21.5 Å². The van der Waals surface area contributed by atoms with Gasteiger partial charge >= 0.3 is 5.97 Å². The number of carbonyl (C=O) groups excluding carboxylic acids is 1. The van der Waals surface area contributed by atoms with E-state index in [4.69, 9.17) is 6.85 Å². The van der Waals surface area contributed by atoms with Gasteiger partial charge < -0.3 is 10.4 Å². The third-order valence-electron chi connectivity index (χ3n) is 4.66. The number of benzene rings is 1. The summed E-state index contributed by atoms with van der Waals surface area (Å²) in [5.74, 6) is -0.764. The molecule has 0 aliphatic heterocycles. The Morgan fingerprint density at radius 1 is 1.22 bits per heavy atom. The first-order valence-electron chi connectivity index (χ1n) is 10.6. The summed E-state index contributed by atoms with van der Waals surface area (Å²) in [6.07, 6.45) is 2.90. The molecule has 1 aliphatic rings. The van der Waals surface area contributed by atoms with Gasteiger partial charge in [0.25, 0.3) is 0 Å². The van der Waals surface area contributed by atoms with Crippen LogP contribution in [0.5, 0.6) is 0 Å². The van der Waals surface area contributed by atoms with E-state index >= 15 is 0 Å². The zero-order chi connectivity index (χ0) is 21.2. The Labute approximate surface area is 145 Å². The lowest BCUT2D eigenvalue weighted by molar-refractivity contribution is -0.142. The van der Waals surface area contributed by atoms with Gasteiger partial charge in [0.1, 0.15) is 6.04 Å². The summed E-state index contributed by atoms with van der Waals surface area (Å²) >= 11 is 0. The van der Waals surface area contributed by atoms with Crippen LogP contribution in [0.2, 0.25) is 0 Å². The topological polar surface area (TPSA) is 66.4 Å². The minimum atomic E-state index is -1.35. The molecule has 4 nitrogen and oxygen atoms in total. The molecule has 1 aromatic carbocycles. The van der Waals surface area contributed by atoms with Crippen LogP contribution in [0.15, 0.2) is 30.2 Å². The maximum Gasteiger partial charge on any atom is 0.326 e. The Bertz CT molecular complexity index is 731. The third-order valence-corrected chi connectivity index (χ3v) is 4.66. The largest absolute Gasteiger partial charge is 0.480 e. The van der Waals surface area contributed by atoms with Crippen LogP contribution in [0.25, 0.3) is 0 Å². The van der Waals surface area contributed by atoms with Gasteiger partial charge in [0, 0.05) is 12.3 Å². The Morgan fingerprint density at radius 3 is 2.35 bits per heavy atom. The Balaban J connectivity index is 2.13. The predicted molar refractivity (Wildman–Crippen MR) is 90.0 cm³/mol. The van der Waals surface area contributed by atoms with Crippen molar-refractivity contribution in [1.82, 2.24) is 5.32 Å². The van der Waals surface area contributed by atoms with Gasteiger partial charge in [-0.25, -0.2) is 4.79 Å². The van der Waals surface area contributed by atoms with Gasteiger partial charge in [-0.05, 0) is 43.1 Å². The molecule has 1 unspecified atom stereocenters. The van der Waals surface area contributed by atoms with Crippen molar-refractivity contribution in [2.24, 2.45) is 17.8 Å². The molecule has 2 N–H and O–H groups in total. The molecule has 0 saturated heterocycles. The second-order valence-corrected chi connectivity index (χ2v) is 6.56. The molecule has 4 heteroatoms. The van der Waals surface area contributed by atoms with E-state index < -0.39 is 42.2 Å². The third kappa shape index (κ3) is 5.08. The summed E-state index contributed by atoms with van der Waals surface area (Å²) in [4.78, 5) is 24.2. The molecule has 1 amide bonds. The zero-order valence-electron chi connectivity index (χ0n) is 18.6. The Morgan fingerprint density at radius 2 is 1.83 bits per heavy atom. The second kappa shape index (κ2) is 8.14. The highest BCUT2D eigenvalue weighted by atomic mass is 16.4. The fourth-order valence-corrected chi connectivity index (χ4v) is 3.12. The van der Waals surface area contributed by atoms with Crippen LogP contribution in [0.3, 0.4) is 0 Å². The monoisotopic (exact) mass is 322 g/mol. The molecule has 0 heterocycles. The summed E-state index contributed by atoms with van der Waals surface area (Å²) in [6, 6.07) is -3.79. The highest BCUT2D eigenvalue weighted by Gasteiger charge is 2.30. The number of carboxylic acid groups (broad SMARTS) is 1. The fourth-order valence-electron chi connectivity index (χ4n) is 3.12. The maximum atomic E-state index is 12.6. The van der Waals surface area contributed by atoms with Crippen LogP contribution >= 0.6 is 0 Å². The van der Waals surface area contributed by atoms with E-state index in [-0.39, 0.29) is 23.8 Å². The minimum absolute atomic E-state index is 0.109. The van der Waals surface area contributed by atoms with Gasteiger partial charge in [-0.2, -0.15) is 0 Å². The SMILES string of the molecule is [2H]c1c([2H])c([2H])c(CC(NC(=O)C2CCC(C(C)C)CC2)C(=O)O)c([2H])c1[2H]. The molecule has 0 bridgehead atoms. The van der Waals surface area contributed by atoms with Gasteiger partial charge in [0.05, 0.1) is 6.85 Å². The molecule has 1 atom stereocenters. The van der Waals surface area contributed by atoms with Crippen molar-refractivity contribution >= 4 is 11.9 Å². The lowest BCUT2D eigenvalue weighted by Gasteiger charge is -2.30. The standard InChI is InChI=1S/C19H27NO3/c1-13(2)15-8-10-16(11-9-15)18(21)20-17(19(22)23)12-14-6-4-3-5-7-14/h3-7,13,15-17H,8-12H2,1-2H3,(H,20,21)(H,22,23)/i3D,4D,5D,6D,7D. The fraction of sp³-hybridized carbons (Fsp3) is 0.579. The Kier molecular flexibility index (Phi) is 4.12. The number of hydrogen-bond donors (Lipinski definition) is 2. The van der Waals surface area contributed by atoms with Crippen molar-refractivity contribution in [3.8, 4) is 0 Å². The summed E-state index contributed by atoms with van der Waals surface area (Å²) in [5.41, 5.74) is -0.109. The highest BCUT2D eigenvalue weighted by molar-refractivity contribution is 5.85. The van der Waals surface area contributed by atoms with Gasteiger partial charge in [0.2, 0.25) is 5.91 Å². The van der Waals surface area contributed by atoms with Crippen molar-refractivity contribution in [2.75, 3.05) is 0 Å². The number of carboxylic acids is 1. The molecule has 126 valence electrons. The summed E-state index contributed by atoms with van der Waals surface area (Å²) in [6.45, 7) is 4.32. The Hall–Kier alpha value is -1.84. The van der Waals surface area contributed by atoms with Gasteiger partial charge in [-0.1, -0.05) is 44.1 Å². The molecular formula is C19H27NO3. The van der Waals surface area contributed by atoms with E-state index in [9.17, 15) is 14.7 Å². The van der Waals surface area contributed by atoms with Crippen LogP contribution in [-0.4, -0.2) is 23.0 Å². The molecule has 2 rings (SSSR count). The van der Waals surface area contributed by atoms with E-state index in [1.807, 2.05) is 0 Å². The number of rotatable bonds is 6. The van der Waals surface area contributed by atoms with Crippen LogP contribution in [0, 0.1) is 17.8 Å². The molecule has 1 saturated carbocycles. The highest BCUT2D eigenvalue weighted by Crippen LogP contribution is 2.33. The molecule has 1 fully saturated rings. The average molecular weight is 322 g/mol. The molecule has 23 heavy (non-hydrogen) atoms. The number of nitrogens with one attached hydrogen (secondary N) is 1. The maximum absolute atomic E-state index is 12.6. The van der Waals surface area contributed by atoms with Crippen molar-refractivity contribution in [3.05, 3.63) is 35.8 Å². The minimum Gasteiger partial charge on any atom is -0.480 e. The van der Waals surface area contributed by atoms with E-state index in [1.54, 1.807) is 0 Å². The van der Waals surface area contributed by atoms with Gasteiger partial charge in [0.15, 0.2) is 0 Å². The molecule has 1 aliphatic carbocycles. The molecule has 0 radical (unpaired) electrons. The van der Waals surface area contributed by atoms with Crippen LogP contribution in [0.1, 0.15) is 51.9 Å². The van der Waals surface area contributed by atoms with E-state index in [0.717, 1.165) is 12.8 Å². The first-order valence-corrected chi connectivity index (χ1v) is 8.13. The van der Waals surface area contributed by atoms with Crippen LogP contribution in [-0.2, 0) is 16.0 Å². The van der Waals surface area contributed by atoms with Crippen molar-refractivity contribution in [3.63, 3.8) is 0 Å². The number of hydrogen-bond acceptors (Lipinski definition) is 2. The summed E-state index contributed by atoms with van der Waals surface area (Å²) < 4.78 is 38.9. The number of amides is 1. The lowest BCUT2D eigenvalue weighted by Crippen LogP contribution is -2.45. The van der Waals surface area contributed by atoms with E-state index in [2.05, 4.69) is 19.2 Å². The summed E-state index contributed by atoms with van der Waals surface area (Å²) in [7, 11) is 0. The smallest absolute Gasteiger partial charge is 0.326 e. The second-order valence-electron chi connectivity index (χ2n) is 6.56. The van der Waals surface area contributed by atoms with Gasteiger partial charge in [-0.15, -0.1) is 0 Å². The number of aliphatic carboxylic acids is 1. The zero-order valence-corrected chi connectivity index (χ0v) is 13.6. The molecule has 0 aromatic heterocycles. The van der Waals surface area contributed by atoms with E-state index in [1.165, 1.54) is 0 Å². The first kappa shape index (κ1) is 11.7.